The second-order valence-corrected chi connectivity index (χ2v) is 7.72. The smallest absolute Gasteiger partial charge is 0.261 e. The molecule has 138 valence electrons. The summed E-state index contributed by atoms with van der Waals surface area (Å²) in [6, 6.07) is 17.1. The molecule has 27 heavy (non-hydrogen) atoms. The van der Waals surface area contributed by atoms with Crippen molar-refractivity contribution in [1.82, 2.24) is 0 Å². The fraction of sp³-hybridized carbons (Fsp3) is 0. The predicted molar refractivity (Wildman–Crippen MR) is 103 cm³/mol. The van der Waals surface area contributed by atoms with Gasteiger partial charge >= 0.3 is 0 Å². The van der Waals surface area contributed by atoms with Crippen molar-refractivity contribution in [2.24, 2.45) is 0 Å². The van der Waals surface area contributed by atoms with Gasteiger partial charge in [-0.15, -0.1) is 0 Å². The Bertz CT molecular complexity index is 1070. The van der Waals surface area contributed by atoms with Gasteiger partial charge in [-0.2, -0.15) is 0 Å². The number of hydrogen-bond donors (Lipinski definition) is 2. The molecule has 3 aromatic rings. The molecule has 0 radical (unpaired) electrons. The lowest BCUT2D eigenvalue weighted by Gasteiger charge is -2.10. The Morgan fingerprint density at radius 1 is 0.889 bits per heavy atom. The number of halogens is 2. The van der Waals surface area contributed by atoms with Crippen LogP contribution in [0.1, 0.15) is 10.4 Å². The summed E-state index contributed by atoms with van der Waals surface area (Å²) in [5.74, 6) is -0.928. The van der Waals surface area contributed by atoms with E-state index in [0.29, 0.717) is 16.4 Å². The van der Waals surface area contributed by atoms with Crippen LogP contribution in [-0.2, 0) is 10.0 Å². The Balaban J connectivity index is 1.78. The molecular weight excluding hydrogens is 391 g/mol. The fourth-order valence-corrected chi connectivity index (χ4v) is 3.51. The van der Waals surface area contributed by atoms with Crippen LogP contribution in [0.25, 0.3) is 0 Å². The van der Waals surface area contributed by atoms with Gasteiger partial charge in [0, 0.05) is 22.0 Å². The van der Waals surface area contributed by atoms with Crippen LogP contribution in [0.2, 0.25) is 5.02 Å². The molecule has 0 aliphatic rings. The number of benzene rings is 3. The number of carbonyl (C=O) groups excluding carboxylic acids is 1. The average molecular weight is 405 g/mol. The van der Waals surface area contributed by atoms with E-state index in [0.717, 1.165) is 0 Å². The van der Waals surface area contributed by atoms with Gasteiger partial charge in [0.15, 0.2) is 0 Å². The first-order valence-electron chi connectivity index (χ1n) is 7.79. The molecule has 0 bridgehead atoms. The van der Waals surface area contributed by atoms with Gasteiger partial charge in [0.05, 0.1) is 4.90 Å². The van der Waals surface area contributed by atoms with Gasteiger partial charge in [-0.1, -0.05) is 17.7 Å². The van der Waals surface area contributed by atoms with Crippen LogP contribution >= 0.6 is 11.6 Å². The zero-order valence-corrected chi connectivity index (χ0v) is 15.4. The van der Waals surface area contributed by atoms with Crippen LogP contribution in [0.4, 0.5) is 15.8 Å². The summed E-state index contributed by atoms with van der Waals surface area (Å²) in [6.07, 6.45) is 0. The van der Waals surface area contributed by atoms with Crippen molar-refractivity contribution in [2.45, 2.75) is 4.90 Å². The van der Waals surface area contributed by atoms with E-state index in [4.69, 9.17) is 11.6 Å². The van der Waals surface area contributed by atoms with Crippen LogP contribution in [0.5, 0.6) is 0 Å². The van der Waals surface area contributed by atoms with Crippen LogP contribution in [0.3, 0.4) is 0 Å². The molecule has 1 amide bonds. The van der Waals surface area contributed by atoms with E-state index in [1.165, 1.54) is 42.5 Å². The van der Waals surface area contributed by atoms with Crippen molar-refractivity contribution < 1.29 is 17.6 Å². The molecule has 3 rings (SSSR count). The molecule has 0 atom stereocenters. The molecule has 0 aromatic heterocycles. The highest BCUT2D eigenvalue weighted by Crippen LogP contribution is 2.21. The van der Waals surface area contributed by atoms with E-state index in [-0.39, 0.29) is 10.5 Å². The van der Waals surface area contributed by atoms with Crippen LogP contribution in [0, 0.1) is 5.82 Å². The zero-order valence-electron chi connectivity index (χ0n) is 13.8. The maximum Gasteiger partial charge on any atom is 0.261 e. The highest BCUT2D eigenvalue weighted by molar-refractivity contribution is 7.92. The Morgan fingerprint density at radius 3 is 2.22 bits per heavy atom. The number of hydrogen-bond acceptors (Lipinski definition) is 3. The minimum Gasteiger partial charge on any atom is -0.322 e. The molecule has 0 saturated carbocycles. The summed E-state index contributed by atoms with van der Waals surface area (Å²) in [5.41, 5.74) is 0.910. The third-order valence-electron chi connectivity index (χ3n) is 3.61. The highest BCUT2D eigenvalue weighted by atomic mass is 35.5. The van der Waals surface area contributed by atoms with Gasteiger partial charge in [0.25, 0.3) is 15.9 Å². The molecule has 5 nitrogen and oxygen atoms in total. The van der Waals surface area contributed by atoms with Crippen LogP contribution in [-0.4, -0.2) is 14.3 Å². The Labute approximate surface area is 160 Å². The van der Waals surface area contributed by atoms with Gasteiger partial charge in [-0.05, 0) is 66.7 Å². The number of rotatable bonds is 5. The van der Waals surface area contributed by atoms with E-state index in [2.05, 4.69) is 10.0 Å². The first-order chi connectivity index (χ1) is 12.8. The third kappa shape index (κ3) is 4.84. The van der Waals surface area contributed by atoms with Crippen molar-refractivity contribution in [3.8, 4) is 0 Å². The SMILES string of the molecule is O=C(Nc1cccc(S(=O)(=O)Nc2ccc(Cl)cc2)c1)c1ccc(F)cc1. The fourth-order valence-electron chi connectivity index (χ4n) is 2.28. The Hall–Kier alpha value is -2.90. The van der Waals surface area contributed by atoms with E-state index < -0.39 is 21.7 Å². The second kappa shape index (κ2) is 7.77. The first-order valence-corrected chi connectivity index (χ1v) is 9.65. The van der Waals surface area contributed by atoms with Gasteiger partial charge < -0.3 is 5.32 Å². The molecular formula is C19H14ClFN2O3S. The molecule has 0 heterocycles. The van der Waals surface area contributed by atoms with Crippen molar-refractivity contribution in [1.29, 1.82) is 0 Å². The summed E-state index contributed by atoms with van der Waals surface area (Å²) in [5, 5.41) is 3.08. The van der Waals surface area contributed by atoms with Crippen LogP contribution in [0.15, 0.2) is 77.7 Å². The monoisotopic (exact) mass is 404 g/mol. The third-order valence-corrected chi connectivity index (χ3v) is 5.24. The molecule has 2 N–H and O–H groups in total. The molecule has 0 unspecified atom stereocenters. The minimum absolute atomic E-state index is 0.0191. The number of amides is 1. The van der Waals surface area contributed by atoms with Crippen molar-refractivity contribution in [2.75, 3.05) is 10.0 Å². The predicted octanol–water partition coefficient (Wildman–Crippen LogP) is 4.53. The van der Waals surface area contributed by atoms with Crippen molar-refractivity contribution >= 4 is 38.9 Å². The van der Waals surface area contributed by atoms with Gasteiger partial charge in [0.2, 0.25) is 0 Å². The standard InChI is InChI=1S/C19H14ClFN2O3S/c20-14-6-10-16(11-7-14)23-27(25,26)18-3-1-2-17(12-18)22-19(24)13-4-8-15(21)9-5-13/h1-12,23H,(H,22,24). The maximum absolute atomic E-state index is 12.9. The number of nitrogens with one attached hydrogen (secondary N) is 2. The first kappa shape index (κ1) is 18.9. The number of anilines is 2. The molecule has 8 heteroatoms. The van der Waals surface area contributed by atoms with Gasteiger partial charge in [0.1, 0.15) is 5.82 Å². The molecule has 0 saturated heterocycles. The number of carbonyl (C=O) groups is 1. The zero-order chi connectivity index (χ0) is 19.4. The molecule has 3 aromatic carbocycles. The summed E-state index contributed by atoms with van der Waals surface area (Å²) >= 11 is 5.79. The Kier molecular flexibility index (Phi) is 5.43. The lowest BCUT2D eigenvalue weighted by atomic mass is 10.2. The lowest BCUT2D eigenvalue weighted by molar-refractivity contribution is 0.102. The maximum atomic E-state index is 12.9. The van der Waals surface area contributed by atoms with Gasteiger partial charge in [-0.3, -0.25) is 9.52 Å². The van der Waals surface area contributed by atoms with Crippen LogP contribution < -0.4 is 10.0 Å². The summed E-state index contributed by atoms with van der Waals surface area (Å²) < 4.78 is 40.5. The van der Waals surface area contributed by atoms with Crippen molar-refractivity contribution in [3.05, 3.63) is 89.2 Å². The Morgan fingerprint density at radius 2 is 1.56 bits per heavy atom. The van der Waals surface area contributed by atoms with E-state index in [9.17, 15) is 17.6 Å². The second-order valence-electron chi connectivity index (χ2n) is 5.60. The summed E-state index contributed by atoms with van der Waals surface area (Å²) in [7, 11) is -3.85. The highest BCUT2D eigenvalue weighted by Gasteiger charge is 2.15. The van der Waals surface area contributed by atoms with E-state index in [1.54, 1.807) is 30.3 Å². The van der Waals surface area contributed by atoms with Gasteiger partial charge in [-0.25, -0.2) is 12.8 Å². The molecule has 0 aliphatic carbocycles. The molecule has 0 spiro atoms. The van der Waals surface area contributed by atoms with E-state index in [1.807, 2.05) is 0 Å². The molecule has 0 fully saturated rings. The van der Waals surface area contributed by atoms with E-state index >= 15 is 0 Å². The molecule has 0 aliphatic heterocycles. The lowest BCUT2D eigenvalue weighted by Crippen LogP contribution is -2.15. The van der Waals surface area contributed by atoms with Crippen molar-refractivity contribution in [3.63, 3.8) is 0 Å². The normalized spacial score (nSPS) is 11.0. The average Bonchev–Trinajstić information content (AvgIpc) is 2.64. The topological polar surface area (TPSA) is 75.3 Å². The largest absolute Gasteiger partial charge is 0.322 e. The minimum atomic E-state index is -3.85. The summed E-state index contributed by atoms with van der Waals surface area (Å²) in [6.45, 7) is 0. The number of sulfonamides is 1. The quantitative estimate of drug-likeness (QED) is 0.655. The summed E-state index contributed by atoms with van der Waals surface area (Å²) in [4.78, 5) is 12.2.